The number of ether oxygens (including phenoxy) is 2. The highest BCUT2D eigenvalue weighted by Gasteiger charge is 2.46. The van der Waals surface area contributed by atoms with Crippen LogP contribution in [-0.2, 0) is 14.3 Å². The summed E-state index contributed by atoms with van der Waals surface area (Å²) >= 11 is 0. The molecule has 1 N–H and O–H groups in total. The molecule has 2 aliphatic rings. The summed E-state index contributed by atoms with van der Waals surface area (Å²) in [6.45, 7) is 0.206. The van der Waals surface area contributed by atoms with Crippen molar-refractivity contribution in [2.45, 2.75) is 44.2 Å². The maximum Gasteiger partial charge on any atom is 0.323 e. The number of rotatable bonds is 5. The van der Waals surface area contributed by atoms with Crippen LogP contribution >= 0.6 is 0 Å². The van der Waals surface area contributed by atoms with E-state index < -0.39 is 0 Å². The maximum absolute atomic E-state index is 12.6. The number of fused-ring (bicyclic) bond motifs is 1. The standard InChI is InChI=1S/C19H26N2O4/c1-24-15-8-5-7-14(11-15)20-18(22)12-21-16-9-4-3-6-13(16)10-17(21)19(23)25-2/h5,7-8,11,13,16-17H,3-4,6,9-10,12H2,1-2H3,(H,20,22)/t13-,16+,17+/m1/s1. The minimum Gasteiger partial charge on any atom is -0.497 e. The van der Waals surface area contributed by atoms with Crippen molar-refractivity contribution < 1.29 is 19.1 Å². The zero-order chi connectivity index (χ0) is 17.8. The Labute approximate surface area is 148 Å². The first-order chi connectivity index (χ1) is 12.1. The van der Waals surface area contributed by atoms with Crippen LogP contribution in [-0.4, -0.2) is 49.6 Å². The Morgan fingerprint density at radius 2 is 2.04 bits per heavy atom. The highest BCUT2D eigenvalue weighted by molar-refractivity contribution is 5.93. The first-order valence-corrected chi connectivity index (χ1v) is 8.90. The van der Waals surface area contributed by atoms with Crippen molar-refractivity contribution >= 4 is 17.6 Å². The number of carbonyl (C=O) groups excluding carboxylic acids is 2. The molecule has 25 heavy (non-hydrogen) atoms. The molecule has 136 valence electrons. The van der Waals surface area contributed by atoms with E-state index >= 15 is 0 Å². The van der Waals surface area contributed by atoms with Gasteiger partial charge in [0.1, 0.15) is 11.8 Å². The fourth-order valence-electron chi connectivity index (χ4n) is 4.22. The van der Waals surface area contributed by atoms with Crippen molar-refractivity contribution in [2.75, 3.05) is 26.1 Å². The third-order valence-corrected chi connectivity index (χ3v) is 5.37. The molecule has 1 aliphatic carbocycles. The van der Waals surface area contributed by atoms with E-state index in [1.165, 1.54) is 13.5 Å². The van der Waals surface area contributed by atoms with Crippen molar-refractivity contribution in [2.24, 2.45) is 5.92 Å². The summed E-state index contributed by atoms with van der Waals surface area (Å²) in [5.74, 6) is 0.832. The number of hydrogen-bond donors (Lipinski definition) is 1. The zero-order valence-electron chi connectivity index (χ0n) is 14.9. The Hall–Kier alpha value is -2.08. The normalized spacial score (nSPS) is 25.9. The molecule has 0 radical (unpaired) electrons. The smallest absolute Gasteiger partial charge is 0.323 e. The molecule has 6 heteroatoms. The predicted molar refractivity (Wildman–Crippen MR) is 94.5 cm³/mol. The van der Waals surface area contributed by atoms with E-state index in [-0.39, 0.29) is 24.5 Å². The van der Waals surface area contributed by atoms with E-state index in [0.29, 0.717) is 23.4 Å². The van der Waals surface area contributed by atoms with Gasteiger partial charge in [0.05, 0.1) is 20.8 Å². The number of nitrogens with one attached hydrogen (secondary N) is 1. The summed E-state index contributed by atoms with van der Waals surface area (Å²) in [7, 11) is 3.01. The second-order valence-corrected chi connectivity index (χ2v) is 6.84. The lowest BCUT2D eigenvalue weighted by Crippen LogP contribution is -2.46. The molecule has 1 amide bonds. The van der Waals surface area contributed by atoms with Gasteiger partial charge in [0.2, 0.25) is 5.91 Å². The van der Waals surface area contributed by atoms with Crippen molar-refractivity contribution in [3.05, 3.63) is 24.3 Å². The summed E-state index contributed by atoms with van der Waals surface area (Å²) in [5, 5.41) is 2.90. The van der Waals surface area contributed by atoms with Gasteiger partial charge in [-0.25, -0.2) is 0 Å². The van der Waals surface area contributed by atoms with Gasteiger partial charge in [-0.1, -0.05) is 18.9 Å². The van der Waals surface area contributed by atoms with Gasteiger partial charge in [-0.15, -0.1) is 0 Å². The molecule has 1 saturated heterocycles. The van der Waals surface area contributed by atoms with E-state index in [0.717, 1.165) is 25.7 Å². The molecule has 1 aliphatic heterocycles. The van der Waals surface area contributed by atoms with Gasteiger partial charge in [-0.3, -0.25) is 14.5 Å². The van der Waals surface area contributed by atoms with Gasteiger partial charge in [-0.05, 0) is 37.3 Å². The number of methoxy groups -OCH3 is 2. The number of likely N-dealkylation sites (tertiary alicyclic amines) is 1. The Balaban J connectivity index is 1.69. The number of esters is 1. The third-order valence-electron chi connectivity index (χ3n) is 5.37. The maximum atomic E-state index is 12.6. The molecular weight excluding hydrogens is 320 g/mol. The molecule has 3 rings (SSSR count). The molecule has 0 unspecified atom stereocenters. The molecule has 1 heterocycles. The van der Waals surface area contributed by atoms with Crippen molar-refractivity contribution in [1.29, 1.82) is 0 Å². The number of carbonyl (C=O) groups is 2. The zero-order valence-corrected chi connectivity index (χ0v) is 14.9. The molecule has 6 nitrogen and oxygen atoms in total. The molecule has 0 bridgehead atoms. The highest BCUT2D eigenvalue weighted by atomic mass is 16.5. The van der Waals surface area contributed by atoms with Crippen molar-refractivity contribution in [3.63, 3.8) is 0 Å². The number of anilines is 1. The minimum atomic E-state index is -0.311. The first-order valence-electron chi connectivity index (χ1n) is 8.90. The van der Waals surface area contributed by atoms with Crippen LogP contribution in [0.25, 0.3) is 0 Å². The van der Waals surface area contributed by atoms with Crippen LogP contribution < -0.4 is 10.1 Å². The lowest BCUT2D eigenvalue weighted by Gasteiger charge is -2.32. The second kappa shape index (κ2) is 7.87. The van der Waals surface area contributed by atoms with Crippen LogP contribution in [0.3, 0.4) is 0 Å². The molecule has 0 spiro atoms. The van der Waals surface area contributed by atoms with E-state index in [1.807, 2.05) is 23.1 Å². The summed E-state index contributed by atoms with van der Waals surface area (Å²) in [6.07, 6.45) is 5.34. The molecule has 0 aromatic heterocycles. The topological polar surface area (TPSA) is 67.9 Å². The number of benzene rings is 1. The quantitative estimate of drug-likeness (QED) is 0.830. The number of amides is 1. The van der Waals surface area contributed by atoms with Gasteiger partial charge < -0.3 is 14.8 Å². The van der Waals surface area contributed by atoms with Crippen molar-refractivity contribution in [1.82, 2.24) is 4.90 Å². The van der Waals surface area contributed by atoms with E-state index in [1.54, 1.807) is 13.2 Å². The third kappa shape index (κ3) is 3.95. The molecular formula is C19H26N2O4. The molecule has 1 aromatic rings. The summed E-state index contributed by atoms with van der Waals surface area (Å²) in [5.41, 5.74) is 0.693. The minimum absolute atomic E-state index is 0.117. The molecule has 1 aromatic carbocycles. The largest absolute Gasteiger partial charge is 0.497 e. The van der Waals surface area contributed by atoms with Crippen LogP contribution in [0.5, 0.6) is 5.75 Å². The Bertz CT molecular complexity index is 634. The molecule has 1 saturated carbocycles. The van der Waals surface area contributed by atoms with E-state index in [9.17, 15) is 9.59 Å². The fraction of sp³-hybridized carbons (Fsp3) is 0.579. The lowest BCUT2D eigenvalue weighted by molar-refractivity contribution is -0.146. The average molecular weight is 346 g/mol. The van der Waals surface area contributed by atoms with Crippen LogP contribution in [0, 0.1) is 5.92 Å². The average Bonchev–Trinajstić information content (AvgIpc) is 2.99. The summed E-state index contributed by atoms with van der Waals surface area (Å²) in [6, 6.07) is 7.26. The van der Waals surface area contributed by atoms with E-state index in [4.69, 9.17) is 9.47 Å². The van der Waals surface area contributed by atoms with Crippen LogP contribution in [0.4, 0.5) is 5.69 Å². The van der Waals surface area contributed by atoms with Crippen LogP contribution in [0.2, 0.25) is 0 Å². The lowest BCUT2D eigenvalue weighted by atomic mass is 9.85. The van der Waals surface area contributed by atoms with Crippen LogP contribution in [0.15, 0.2) is 24.3 Å². The second-order valence-electron chi connectivity index (χ2n) is 6.84. The highest BCUT2D eigenvalue weighted by Crippen LogP contribution is 2.39. The predicted octanol–water partition coefficient (Wildman–Crippen LogP) is 2.44. The first kappa shape index (κ1) is 17.7. The van der Waals surface area contributed by atoms with Crippen molar-refractivity contribution in [3.8, 4) is 5.75 Å². The Kier molecular flexibility index (Phi) is 5.58. The van der Waals surface area contributed by atoms with Gasteiger partial charge in [0, 0.05) is 17.8 Å². The summed E-state index contributed by atoms with van der Waals surface area (Å²) < 4.78 is 10.2. The van der Waals surface area contributed by atoms with Gasteiger partial charge >= 0.3 is 5.97 Å². The molecule has 3 atom stereocenters. The SMILES string of the molecule is COC(=O)[C@@H]1C[C@H]2CCCC[C@@H]2N1CC(=O)Nc1cccc(OC)c1. The van der Waals surface area contributed by atoms with Gasteiger partial charge in [-0.2, -0.15) is 0 Å². The Morgan fingerprint density at radius 1 is 1.24 bits per heavy atom. The van der Waals surface area contributed by atoms with E-state index in [2.05, 4.69) is 5.32 Å². The summed E-state index contributed by atoms with van der Waals surface area (Å²) in [4.78, 5) is 26.8. The molecule has 2 fully saturated rings. The number of nitrogens with zero attached hydrogens (tertiary/aromatic N) is 1. The van der Waals surface area contributed by atoms with Crippen LogP contribution in [0.1, 0.15) is 32.1 Å². The fourth-order valence-corrected chi connectivity index (χ4v) is 4.22. The van der Waals surface area contributed by atoms with Gasteiger partial charge in [0.15, 0.2) is 0 Å². The Morgan fingerprint density at radius 3 is 2.80 bits per heavy atom. The monoisotopic (exact) mass is 346 g/mol. The van der Waals surface area contributed by atoms with Gasteiger partial charge in [0.25, 0.3) is 0 Å². The number of hydrogen-bond acceptors (Lipinski definition) is 5.